The van der Waals surface area contributed by atoms with Crippen LogP contribution in [0.1, 0.15) is 12.6 Å². The van der Waals surface area contributed by atoms with E-state index >= 15 is 0 Å². The van der Waals surface area contributed by atoms with Gasteiger partial charge in [-0.15, -0.1) is 0 Å². The molecule has 0 aliphatic carbocycles. The SMILES string of the molecule is CCc1nn(C)c(NCCn2ccnc2)c1N. The molecule has 0 atom stereocenters. The van der Waals surface area contributed by atoms with E-state index in [1.807, 2.05) is 24.7 Å². The van der Waals surface area contributed by atoms with Crippen molar-refractivity contribution in [3.63, 3.8) is 0 Å². The standard InChI is InChI=1S/C11H18N6/c1-3-9-10(12)11(16(2)15-9)14-5-7-17-6-4-13-8-17/h4,6,8,14H,3,5,7,12H2,1-2H3. The summed E-state index contributed by atoms with van der Waals surface area (Å²) in [6, 6.07) is 0. The smallest absolute Gasteiger partial charge is 0.147 e. The van der Waals surface area contributed by atoms with E-state index in [1.54, 1.807) is 17.2 Å². The van der Waals surface area contributed by atoms with E-state index in [2.05, 4.69) is 15.4 Å². The van der Waals surface area contributed by atoms with Gasteiger partial charge in [-0.2, -0.15) is 5.10 Å². The zero-order valence-corrected chi connectivity index (χ0v) is 10.2. The normalized spacial score (nSPS) is 10.7. The molecule has 0 amide bonds. The number of aryl methyl sites for hydroxylation is 2. The lowest BCUT2D eigenvalue weighted by Gasteiger charge is -2.07. The number of aromatic nitrogens is 4. The number of nitrogen functional groups attached to an aromatic ring is 1. The van der Waals surface area contributed by atoms with Crippen molar-refractivity contribution in [2.45, 2.75) is 19.9 Å². The van der Waals surface area contributed by atoms with Crippen molar-refractivity contribution < 1.29 is 0 Å². The van der Waals surface area contributed by atoms with Crippen LogP contribution in [0.15, 0.2) is 18.7 Å². The van der Waals surface area contributed by atoms with Gasteiger partial charge < -0.3 is 15.6 Å². The van der Waals surface area contributed by atoms with E-state index in [1.165, 1.54) is 0 Å². The van der Waals surface area contributed by atoms with Gasteiger partial charge in [0.1, 0.15) is 5.82 Å². The molecule has 0 aliphatic heterocycles. The quantitative estimate of drug-likeness (QED) is 0.805. The van der Waals surface area contributed by atoms with Crippen molar-refractivity contribution in [2.24, 2.45) is 7.05 Å². The average Bonchev–Trinajstić information content (AvgIpc) is 2.91. The summed E-state index contributed by atoms with van der Waals surface area (Å²) < 4.78 is 3.81. The third-order valence-corrected chi connectivity index (χ3v) is 2.72. The summed E-state index contributed by atoms with van der Waals surface area (Å²) in [4.78, 5) is 3.99. The van der Waals surface area contributed by atoms with E-state index in [0.29, 0.717) is 0 Å². The third-order valence-electron chi connectivity index (χ3n) is 2.72. The minimum Gasteiger partial charge on any atom is -0.394 e. The van der Waals surface area contributed by atoms with Gasteiger partial charge in [-0.1, -0.05) is 6.92 Å². The van der Waals surface area contributed by atoms with Crippen LogP contribution >= 0.6 is 0 Å². The van der Waals surface area contributed by atoms with Crippen LogP contribution in [0.5, 0.6) is 0 Å². The molecule has 2 heterocycles. The van der Waals surface area contributed by atoms with Gasteiger partial charge in [-0.05, 0) is 6.42 Å². The molecule has 0 unspecified atom stereocenters. The zero-order valence-electron chi connectivity index (χ0n) is 10.2. The van der Waals surface area contributed by atoms with Crippen LogP contribution in [0, 0.1) is 0 Å². The Kier molecular flexibility index (Phi) is 3.32. The van der Waals surface area contributed by atoms with Gasteiger partial charge in [0.15, 0.2) is 0 Å². The molecule has 0 saturated carbocycles. The van der Waals surface area contributed by atoms with E-state index in [9.17, 15) is 0 Å². The third kappa shape index (κ3) is 2.41. The summed E-state index contributed by atoms with van der Waals surface area (Å²) >= 11 is 0. The van der Waals surface area contributed by atoms with E-state index in [-0.39, 0.29) is 0 Å². The highest BCUT2D eigenvalue weighted by Crippen LogP contribution is 2.21. The second-order valence-electron chi connectivity index (χ2n) is 3.91. The van der Waals surface area contributed by atoms with Gasteiger partial charge in [-0.3, -0.25) is 4.68 Å². The molecule has 17 heavy (non-hydrogen) atoms. The van der Waals surface area contributed by atoms with Gasteiger partial charge in [0, 0.05) is 32.5 Å². The van der Waals surface area contributed by atoms with Crippen molar-refractivity contribution in [1.29, 1.82) is 0 Å². The highest BCUT2D eigenvalue weighted by Gasteiger charge is 2.10. The molecule has 0 radical (unpaired) electrons. The van der Waals surface area contributed by atoms with Gasteiger partial charge in [-0.25, -0.2) is 4.98 Å². The maximum atomic E-state index is 6.01. The Hall–Kier alpha value is -1.98. The lowest BCUT2D eigenvalue weighted by atomic mass is 10.3. The molecule has 6 heteroatoms. The molecule has 2 rings (SSSR count). The first kappa shape index (κ1) is 11.5. The second-order valence-corrected chi connectivity index (χ2v) is 3.91. The summed E-state index contributed by atoms with van der Waals surface area (Å²) in [6.07, 6.45) is 6.36. The Balaban J connectivity index is 1.97. The number of hydrogen-bond donors (Lipinski definition) is 2. The fourth-order valence-electron chi connectivity index (χ4n) is 1.79. The largest absolute Gasteiger partial charge is 0.394 e. The molecule has 92 valence electrons. The molecule has 0 saturated heterocycles. The van der Waals surface area contributed by atoms with Crippen LogP contribution in [0.2, 0.25) is 0 Å². The minimum atomic E-state index is 0.751. The molecule has 6 nitrogen and oxygen atoms in total. The van der Waals surface area contributed by atoms with Gasteiger partial charge in [0.2, 0.25) is 0 Å². The van der Waals surface area contributed by atoms with Gasteiger partial charge in [0.05, 0.1) is 17.7 Å². The zero-order chi connectivity index (χ0) is 12.3. The maximum Gasteiger partial charge on any atom is 0.147 e. The first-order chi connectivity index (χ1) is 8.22. The number of nitrogens with one attached hydrogen (secondary N) is 1. The Morgan fingerprint density at radius 2 is 2.29 bits per heavy atom. The molecule has 2 aromatic heterocycles. The van der Waals surface area contributed by atoms with E-state index < -0.39 is 0 Å². The fraction of sp³-hybridized carbons (Fsp3) is 0.455. The number of rotatable bonds is 5. The molecule has 0 aromatic carbocycles. The van der Waals surface area contributed by atoms with Gasteiger partial charge in [0.25, 0.3) is 0 Å². The first-order valence-corrected chi connectivity index (χ1v) is 5.73. The molecule has 0 spiro atoms. The average molecular weight is 234 g/mol. The highest BCUT2D eigenvalue weighted by molar-refractivity contribution is 5.64. The maximum absolute atomic E-state index is 6.01. The van der Waals surface area contributed by atoms with Crippen LogP contribution in [0.4, 0.5) is 11.5 Å². The highest BCUT2D eigenvalue weighted by atomic mass is 15.3. The molecule has 0 fully saturated rings. The molecular weight excluding hydrogens is 216 g/mol. The Labute approximate surface area is 100 Å². The Morgan fingerprint density at radius 3 is 2.88 bits per heavy atom. The molecule has 0 bridgehead atoms. The van der Waals surface area contributed by atoms with Crippen molar-refractivity contribution in [3.05, 3.63) is 24.4 Å². The molecule has 0 aliphatic rings. The number of imidazole rings is 1. The summed E-state index contributed by atoms with van der Waals surface area (Å²) in [5.41, 5.74) is 7.70. The number of anilines is 2. The number of hydrogen-bond acceptors (Lipinski definition) is 4. The lowest BCUT2D eigenvalue weighted by molar-refractivity contribution is 0.707. The Bertz CT molecular complexity index is 470. The van der Waals surface area contributed by atoms with Crippen LogP contribution in [0.3, 0.4) is 0 Å². The molecule has 3 N–H and O–H groups in total. The molecule has 2 aromatic rings. The minimum absolute atomic E-state index is 0.751. The molecular formula is C11H18N6. The second kappa shape index (κ2) is 4.90. The van der Waals surface area contributed by atoms with Crippen molar-refractivity contribution in [3.8, 4) is 0 Å². The first-order valence-electron chi connectivity index (χ1n) is 5.73. The lowest BCUT2D eigenvalue weighted by Crippen LogP contribution is -2.12. The summed E-state index contributed by atoms with van der Waals surface area (Å²) in [7, 11) is 1.90. The van der Waals surface area contributed by atoms with Gasteiger partial charge >= 0.3 is 0 Å². The van der Waals surface area contributed by atoms with Crippen molar-refractivity contribution >= 4 is 11.5 Å². The number of nitrogens with two attached hydrogens (primary N) is 1. The van der Waals surface area contributed by atoms with E-state index in [4.69, 9.17) is 5.73 Å². The summed E-state index contributed by atoms with van der Waals surface area (Å²) in [5.74, 6) is 0.891. The van der Waals surface area contributed by atoms with E-state index in [0.717, 1.165) is 36.7 Å². The van der Waals surface area contributed by atoms with Crippen LogP contribution in [0.25, 0.3) is 0 Å². The monoisotopic (exact) mass is 234 g/mol. The van der Waals surface area contributed by atoms with Crippen molar-refractivity contribution in [2.75, 3.05) is 17.6 Å². The Morgan fingerprint density at radius 1 is 1.47 bits per heavy atom. The topological polar surface area (TPSA) is 73.7 Å². The predicted octanol–water partition coefficient (Wildman–Crippen LogP) is 0.873. The predicted molar refractivity (Wildman–Crippen MR) is 67.7 cm³/mol. The van der Waals surface area contributed by atoms with Crippen LogP contribution in [-0.2, 0) is 20.0 Å². The van der Waals surface area contributed by atoms with Crippen LogP contribution < -0.4 is 11.1 Å². The van der Waals surface area contributed by atoms with Crippen LogP contribution in [-0.4, -0.2) is 25.9 Å². The van der Waals surface area contributed by atoms with Crippen molar-refractivity contribution in [1.82, 2.24) is 19.3 Å². The summed E-state index contributed by atoms with van der Waals surface area (Å²) in [6.45, 7) is 3.70. The fourth-order valence-corrected chi connectivity index (χ4v) is 1.79. The summed E-state index contributed by atoms with van der Waals surface area (Å²) in [5, 5.41) is 7.66. The number of nitrogens with zero attached hydrogens (tertiary/aromatic N) is 4.